The summed E-state index contributed by atoms with van der Waals surface area (Å²) in [5.41, 5.74) is 3.24. The number of carbonyl (C=O) groups excluding carboxylic acids is 1. The number of benzene rings is 2. The van der Waals surface area contributed by atoms with E-state index in [9.17, 15) is 9.90 Å². The maximum atomic E-state index is 11.5. The number of nitrogens with zero attached hydrogens (tertiary/aromatic N) is 6. The summed E-state index contributed by atoms with van der Waals surface area (Å²) in [5.74, 6) is 1.47. The van der Waals surface area contributed by atoms with E-state index >= 15 is 0 Å². The van der Waals surface area contributed by atoms with Crippen molar-refractivity contribution in [2.75, 3.05) is 30.3 Å². The fraction of sp³-hybridized carbons (Fsp3) is 0.375. The molecular weight excluding hydrogens is 590 g/mol. The number of ether oxygens (including phenoxy) is 2. The van der Waals surface area contributed by atoms with E-state index in [2.05, 4.69) is 55.4 Å². The van der Waals surface area contributed by atoms with E-state index in [0.717, 1.165) is 30.6 Å². The molecule has 2 aliphatic heterocycles. The fourth-order valence-electron chi connectivity index (χ4n) is 6.06. The third-order valence-corrected chi connectivity index (χ3v) is 8.42. The van der Waals surface area contributed by atoms with E-state index < -0.39 is 24.5 Å². The number of hydrogen-bond acceptors (Lipinski definition) is 13. The Morgan fingerprint density at radius 3 is 2.52 bits per heavy atom. The van der Waals surface area contributed by atoms with Gasteiger partial charge in [0.1, 0.15) is 6.10 Å². The predicted octanol–water partition coefficient (Wildman–Crippen LogP) is 2.96. The van der Waals surface area contributed by atoms with Crippen LogP contribution < -0.4 is 16.0 Å². The summed E-state index contributed by atoms with van der Waals surface area (Å²) in [6.07, 6.45) is -1.41. The zero-order chi connectivity index (χ0) is 31.5. The van der Waals surface area contributed by atoms with Crippen LogP contribution >= 0.6 is 0 Å². The Kier molecular flexibility index (Phi) is 8.55. The maximum absolute atomic E-state index is 11.5. The van der Waals surface area contributed by atoms with Crippen molar-refractivity contribution in [3.05, 3.63) is 89.9 Å². The lowest BCUT2D eigenvalue weighted by atomic mass is 9.91. The van der Waals surface area contributed by atoms with Crippen LogP contribution in [0.15, 0.2) is 71.4 Å². The SMILES string of the molecule is CCc1nnc([C@H]2O[C@@H](n3cnc4c(NCC(c5ccccc5)c5ccccc5)nc(N[C@@H]5CCNC5)nc43)[C@H](OC=O)[C@@H]2O)o1. The minimum Gasteiger partial charge on any atom is -0.457 e. The first-order valence-electron chi connectivity index (χ1n) is 15.4. The number of aliphatic hydroxyl groups is 1. The number of aliphatic hydroxyl groups excluding tert-OH is 1. The van der Waals surface area contributed by atoms with E-state index in [0.29, 0.717) is 41.8 Å². The summed E-state index contributed by atoms with van der Waals surface area (Å²) in [6, 6.07) is 20.7. The molecule has 0 saturated carbocycles. The normalized spacial score (nSPS) is 22.8. The van der Waals surface area contributed by atoms with Gasteiger partial charge in [0, 0.05) is 31.5 Å². The first-order valence-corrected chi connectivity index (χ1v) is 15.4. The number of fused-ring (bicyclic) bond motifs is 1. The number of anilines is 2. The van der Waals surface area contributed by atoms with Crippen LogP contribution in [0.25, 0.3) is 11.2 Å². The van der Waals surface area contributed by atoms with Crippen LogP contribution in [0.2, 0.25) is 0 Å². The summed E-state index contributed by atoms with van der Waals surface area (Å²) < 4.78 is 18.9. The van der Waals surface area contributed by atoms with Gasteiger partial charge in [-0.05, 0) is 24.1 Å². The van der Waals surface area contributed by atoms with Gasteiger partial charge in [0.15, 0.2) is 35.4 Å². The molecule has 5 atom stereocenters. The molecule has 0 radical (unpaired) electrons. The van der Waals surface area contributed by atoms with E-state index in [1.165, 1.54) is 0 Å². The van der Waals surface area contributed by atoms with Crippen LogP contribution in [0.3, 0.4) is 0 Å². The Morgan fingerprint density at radius 2 is 1.87 bits per heavy atom. The van der Waals surface area contributed by atoms with Crippen LogP contribution in [0.1, 0.15) is 54.5 Å². The molecule has 3 aromatic heterocycles. The molecule has 0 spiro atoms. The standard InChI is InChI=1S/C32H35N9O5/c1-2-23-39-40-30(45-23)26-25(43)27(44-18-42)31(46-26)41-17-35-24-28(37-32(38-29(24)41)36-21-13-14-33-15-21)34-16-22(19-9-5-3-6-10-19)20-11-7-4-8-12-20/h3-12,17-18,21-22,25-27,31,33,43H,2,13-16H2,1H3,(H2,34,36,37,38)/t21-,25-,26+,27-,31-/m1/s1. The summed E-state index contributed by atoms with van der Waals surface area (Å²) >= 11 is 0. The van der Waals surface area contributed by atoms with Crippen LogP contribution in [-0.4, -0.2) is 79.2 Å². The van der Waals surface area contributed by atoms with Gasteiger partial charge in [-0.3, -0.25) is 9.36 Å². The number of carbonyl (C=O) groups is 1. The molecule has 5 aromatic rings. The highest BCUT2D eigenvalue weighted by Gasteiger charge is 2.50. The number of nitrogens with one attached hydrogen (secondary N) is 3. The lowest BCUT2D eigenvalue weighted by molar-refractivity contribution is -0.142. The Bertz CT molecular complexity index is 1720. The second-order valence-corrected chi connectivity index (χ2v) is 11.3. The van der Waals surface area contributed by atoms with E-state index in [1.54, 1.807) is 10.9 Å². The second kappa shape index (κ2) is 13.2. The zero-order valence-electron chi connectivity index (χ0n) is 25.2. The molecule has 4 N–H and O–H groups in total. The van der Waals surface area contributed by atoms with Crippen molar-refractivity contribution >= 4 is 29.4 Å². The molecule has 0 amide bonds. The first-order chi connectivity index (χ1) is 22.6. The molecule has 238 valence electrons. The van der Waals surface area contributed by atoms with Crippen molar-refractivity contribution in [1.29, 1.82) is 0 Å². The van der Waals surface area contributed by atoms with Gasteiger partial charge in [0.2, 0.25) is 17.7 Å². The van der Waals surface area contributed by atoms with Gasteiger partial charge in [-0.1, -0.05) is 67.6 Å². The number of aryl methyl sites for hydroxylation is 1. The Hall–Kier alpha value is -4.92. The van der Waals surface area contributed by atoms with Crippen molar-refractivity contribution in [2.45, 2.75) is 56.3 Å². The van der Waals surface area contributed by atoms with Crippen LogP contribution in [0.4, 0.5) is 11.8 Å². The molecule has 0 bridgehead atoms. The molecule has 2 aliphatic rings. The van der Waals surface area contributed by atoms with Crippen molar-refractivity contribution in [3.63, 3.8) is 0 Å². The van der Waals surface area contributed by atoms with Gasteiger partial charge in [0.25, 0.3) is 6.47 Å². The van der Waals surface area contributed by atoms with Gasteiger partial charge in [-0.25, -0.2) is 4.98 Å². The number of aromatic nitrogens is 6. The third kappa shape index (κ3) is 5.89. The van der Waals surface area contributed by atoms with Gasteiger partial charge in [0.05, 0.1) is 6.33 Å². The molecule has 2 aromatic carbocycles. The van der Waals surface area contributed by atoms with E-state index in [4.69, 9.17) is 23.9 Å². The molecule has 5 heterocycles. The topological polar surface area (TPSA) is 174 Å². The Labute approximate surface area is 264 Å². The highest BCUT2D eigenvalue weighted by atomic mass is 16.6. The van der Waals surface area contributed by atoms with E-state index in [1.807, 2.05) is 43.3 Å². The number of imidazole rings is 1. The number of hydrogen-bond donors (Lipinski definition) is 4. The van der Waals surface area contributed by atoms with Crippen molar-refractivity contribution in [2.24, 2.45) is 0 Å². The minimum absolute atomic E-state index is 0.0341. The molecule has 14 heteroatoms. The summed E-state index contributed by atoms with van der Waals surface area (Å²) in [6.45, 7) is 4.38. The molecule has 0 aliphatic carbocycles. The monoisotopic (exact) mass is 625 g/mol. The van der Waals surface area contributed by atoms with Crippen LogP contribution in [-0.2, 0) is 20.7 Å². The van der Waals surface area contributed by atoms with Crippen molar-refractivity contribution < 1.29 is 23.8 Å². The van der Waals surface area contributed by atoms with Gasteiger partial charge < -0.3 is 34.9 Å². The highest BCUT2D eigenvalue weighted by Crippen LogP contribution is 2.41. The third-order valence-electron chi connectivity index (χ3n) is 8.42. The van der Waals surface area contributed by atoms with Gasteiger partial charge >= 0.3 is 0 Å². The highest BCUT2D eigenvalue weighted by molar-refractivity contribution is 5.84. The zero-order valence-corrected chi connectivity index (χ0v) is 25.2. The lowest BCUT2D eigenvalue weighted by Crippen LogP contribution is -2.32. The molecule has 46 heavy (non-hydrogen) atoms. The predicted molar refractivity (Wildman–Crippen MR) is 167 cm³/mol. The van der Waals surface area contributed by atoms with Gasteiger partial charge in [-0.15, -0.1) is 10.2 Å². The summed E-state index contributed by atoms with van der Waals surface area (Å²) in [5, 5.41) is 29.6. The quantitative estimate of drug-likeness (QED) is 0.149. The van der Waals surface area contributed by atoms with E-state index in [-0.39, 0.29) is 24.3 Å². The molecule has 0 unspecified atom stereocenters. The summed E-state index contributed by atoms with van der Waals surface area (Å²) in [4.78, 5) is 25.9. The van der Waals surface area contributed by atoms with Crippen molar-refractivity contribution in [3.8, 4) is 0 Å². The minimum atomic E-state index is -1.28. The number of rotatable bonds is 12. The van der Waals surface area contributed by atoms with Crippen molar-refractivity contribution in [1.82, 2.24) is 35.0 Å². The van der Waals surface area contributed by atoms with Crippen LogP contribution in [0.5, 0.6) is 0 Å². The van der Waals surface area contributed by atoms with Gasteiger partial charge in [-0.2, -0.15) is 9.97 Å². The smallest absolute Gasteiger partial charge is 0.293 e. The molecule has 2 saturated heterocycles. The largest absolute Gasteiger partial charge is 0.457 e. The molecule has 7 rings (SSSR count). The lowest BCUT2D eigenvalue weighted by Gasteiger charge is -2.21. The summed E-state index contributed by atoms with van der Waals surface area (Å²) in [7, 11) is 0. The molecular formula is C32H35N9O5. The molecule has 14 nitrogen and oxygen atoms in total. The average Bonchev–Trinajstić information content (AvgIpc) is 3.91. The fourth-order valence-corrected chi connectivity index (χ4v) is 6.06. The Balaban J connectivity index is 1.25. The average molecular weight is 626 g/mol. The Morgan fingerprint density at radius 1 is 1.11 bits per heavy atom. The van der Waals surface area contributed by atoms with Crippen LogP contribution in [0, 0.1) is 0 Å². The molecule has 2 fully saturated rings. The maximum Gasteiger partial charge on any atom is 0.293 e. The first kappa shape index (κ1) is 29.8. The second-order valence-electron chi connectivity index (χ2n) is 11.3.